The minimum Gasteiger partial charge on any atom is -0.529 e. The van der Waals surface area contributed by atoms with Crippen LogP contribution in [-0.4, -0.2) is 16.1 Å². The molecule has 0 aliphatic rings. The Morgan fingerprint density at radius 3 is 1.96 bits per heavy atom. The van der Waals surface area contributed by atoms with Gasteiger partial charge in [-0.1, -0.05) is 48.5 Å². The molecule has 6 heteroatoms. The number of ether oxygens (including phenoxy) is 1. The van der Waals surface area contributed by atoms with Gasteiger partial charge in [0.15, 0.2) is 0 Å². The number of carbonyl (C=O) groups excluding carboxylic acids is 1. The number of aromatic nitrogens is 2. The molecule has 0 spiro atoms. The van der Waals surface area contributed by atoms with Gasteiger partial charge in [0.2, 0.25) is 5.82 Å². The minimum absolute atomic E-state index is 0.0451. The van der Waals surface area contributed by atoms with Crippen molar-refractivity contribution in [2.24, 2.45) is 0 Å². The maximum absolute atomic E-state index is 11.9. The van der Waals surface area contributed by atoms with E-state index in [2.05, 4.69) is 9.97 Å². The molecule has 0 N–H and O–H groups in total. The number of hydrogen-bond acceptors (Lipinski definition) is 5. The highest BCUT2D eigenvalue weighted by atomic mass is 16.5. The Labute approximate surface area is 155 Å². The number of anilines is 2. The van der Waals surface area contributed by atoms with Crippen molar-refractivity contribution in [1.82, 2.24) is 9.97 Å². The van der Waals surface area contributed by atoms with Gasteiger partial charge in [0.1, 0.15) is 11.8 Å². The van der Waals surface area contributed by atoms with Crippen LogP contribution < -0.4 is 14.7 Å². The summed E-state index contributed by atoms with van der Waals surface area (Å²) in [5.74, 6) is 0.645. The van der Waals surface area contributed by atoms with Crippen LogP contribution >= 0.6 is 0 Å². The van der Waals surface area contributed by atoms with E-state index >= 15 is 0 Å². The van der Waals surface area contributed by atoms with E-state index in [1.54, 1.807) is 54.6 Å². The normalized spacial score (nSPS) is 10.5. The van der Waals surface area contributed by atoms with Crippen LogP contribution in [0.1, 0.15) is 0 Å². The topological polar surface area (TPSA) is 78.4 Å². The van der Waals surface area contributed by atoms with Crippen LogP contribution in [-0.2, 0) is 0 Å². The molecular formula is C21H14N3O3-. The first-order valence-electron chi connectivity index (χ1n) is 8.28. The zero-order valence-electron chi connectivity index (χ0n) is 14.1. The van der Waals surface area contributed by atoms with E-state index in [9.17, 15) is 9.90 Å². The van der Waals surface area contributed by atoms with Crippen molar-refractivity contribution >= 4 is 28.6 Å². The zero-order chi connectivity index (χ0) is 18.6. The average Bonchev–Trinajstić information content (AvgIpc) is 2.70. The van der Waals surface area contributed by atoms with Gasteiger partial charge in [-0.05, 0) is 36.4 Å². The summed E-state index contributed by atoms with van der Waals surface area (Å²) >= 11 is 0. The molecule has 1 heterocycles. The van der Waals surface area contributed by atoms with Crippen LogP contribution in [0.4, 0.5) is 16.3 Å². The molecule has 0 radical (unpaired) electrons. The summed E-state index contributed by atoms with van der Waals surface area (Å²) in [4.78, 5) is 21.9. The smallest absolute Gasteiger partial charge is 0.264 e. The van der Waals surface area contributed by atoms with E-state index in [0.29, 0.717) is 22.5 Å². The third kappa shape index (κ3) is 3.41. The van der Waals surface area contributed by atoms with E-state index in [-0.39, 0.29) is 11.7 Å². The molecule has 0 aliphatic heterocycles. The molecule has 0 aliphatic carbocycles. The first-order valence-corrected chi connectivity index (χ1v) is 8.28. The van der Waals surface area contributed by atoms with Crippen molar-refractivity contribution in [3.8, 4) is 11.6 Å². The Kier molecular flexibility index (Phi) is 4.37. The number of para-hydroxylation sites is 4. The molecule has 0 saturated carbocycles. The second-order valence-corrected chi connectivity index (χ2v) is 5.69. The van der Waals surface area contributed by atoms with Crippen molar-refractivity contribution in [1.29, 1.82) is 0 Å². The lowest BCUT2D eigenvalue weighted by Crippen LogP contribution is -2.38. The minimum atomic E-state index is -1.43. The van der Waals surface area contributed by atoms with E-state index in [1.807, 2.05) is 30.3 Å². The fraction of sp³-hybridized carbons (Fsp3) is 0. The van der Waals surface area contributed by atoms with E-state index in [0.717, 1.165) is 4.90 Å². The first kappa shape index (κ1) is 16.5. The molecule has 0 unspecified atom stereocenters. The van der Waals surface area contributed by atoms with Crippen LogP contribution in [0, 0.1) is 0 Å². The Bertz CT molecular complexity index is 1090. The lowest BCUT2D eigenvalue weighted by molar-refractivity contribution is -0.245. The van der Waals surface area contributed by atoms with Crippen molar-refractivity contribution < 1.29 is 14.6 Å². The second kappa shape index (κ2) is 7.13. The molecule has 27 heavy (non-hydrogen) atoms. The summed E-state index contributed by atoms with van der Waals surface area (Å²) in [7, 11) is 0. The highest BCUT2D eigenvalue weighted by Crippen LogP contribution is 2.34. The predicted octanol–water partition coefficient (Wildman–Crippen LogP) is 3.90. The van der Waals surface area contributed by atoms with Gasteiger partial charge in [0.25, 0.3) is 5.88 Å². The zero-order valence-corrected chi connectivity index (χ0v) is 14.1. The summed E-state index contributed by atoms with van der Waals surface area (Å²) in [6.45, 7) is 0. The molecule has 1 amide bonds. The number of carbonyl (C=O) groups is 1. The Hall–Kier alpha value is -3.93. The van der Waals surface area contributed by atoms with Gasteiger partial charge < -0.3 is 14.6 Å². The lowest BCUT2D eigenvalue weighted by Gasteiger charge is -2.25. The Morgan fingerprint density at radius 2 is 1.33 bits per heavy atom. The van der Waals surface area contributed by atoms with Gasteiger partial charge in [0.05, 0.1) is 11.0 Å². The van der Waals surface area contributed by atoms with Crippen LogP contribution in [0.15, 0.2) is 84.9 Å². The standard InChI is InChI=1S/C21H15N3O3/c25-21(26)24(15-9-3-1-4-10-15)19-20(27-16-11-5-2-6-12-16)23-18-14-8-7-13-17(18)22-19/h1-14H,(H,25,26)/p-1. The molecule has 0 fully saturated rings. The number of benzene rings is 3. The van der Waals surface area contributed by atoms with Crippen LogP contribution in [0.5, 0.6) is 11.6 Å². The summed E-state index contributed by atoms with van der Waals surface area (Å²) < 4.78 is 5.86. The Morgan fingerprint density at radius 1 is 0.778 bits per heavy atom. The summed E-state index contributed by atoms with van der Waals surface area (Å²) in [6, 6.07) is 24.8. The molecule has 6 nitrogen and oxygen atoms in total. The number of nitrogens with zero attached hydrogens (tertiary/aromatic N) is 3. The summed E-state index contributed by atoms with van der Waals surface area (Å²) in [5.41, 5.74) is 1.54. The van der Waals surface area contributed by atoms with E-state index in [1.165, 1.54) is 0 Å². The molecule has 4 aromatic rings. The SMILES string of the molecule is O=C([O-])N(c1ccccc1)c1nc2ccccc2nc1Oc1ccccc1. The fourth-order valence-corrected chi connectivity index (χ4v) is 2.68. The molecule has 132 valence electrons. The van der Waals surface area contributed by atoms with Gasteiger partial charge in [-0.3, -0.25) is 4.90 Å². The quantitative estimate of drug-likeness (QED) is 0.554. The van der Waals surface area contributed by atoms with Crippen molar-refractivity contribution in [3.05, 3.63) is 84.9 Å². The second-order valence-electron chi connectivity index (χ2n) is 5.69. The summed E-state index contributed by atoms with van der Waals surface area (Å²) in [5, 5.41) is 11.9. The highest BCUT2D eigenvalue weighted by molar-refractivity contribution is 5.95. The van der Waals surface area contributed by atoms with Crippen LogP contribution in [0.25, 0.3) is 11.0 Å². The molecule has 0 atom stereocenters. The van der Waals surface area contributed by atoms with Crippen molar-refractivity contribution in [2.75, 3.05) is 4.90 Å². The molecule has 0 saturated heterocycles. The molecular weight excluding hydrogens is 342 g/mol. The van der Waals surface area contributed by atoms with Crippen LogP contribution in [0.2, 0.25) is 0 Å². The molecule has 1 aromatic heterocycles. The first-order chi connectivity index (χ1) is 13.2. The fourth-order valence-electron chi connectivity index (χ4n) is 2.68. The Balaban J connectivity index is 1.91. The molecule has 3 aromatic carbocycles. The summed E-state index contributed by atoms with van der Waals surface area (Å²) in [6.07, 6.45) is -1.43. The van der Waals surface area contributed by atoms with E-state index in [4.69, 9.17) is 4.74 Å². The average molecular weight is 356 g/mol. The van der Waals surface area contributed by atoms with Crippen molar-refractivity contribution in [3.63, 3.8) is 0 Å². The van der Waals surface area contributed by atoms with Gasteiger partial charge in [-0.15, -0.1) is 0 Å². The lowest BCUT2D eigenvalue weighted by atomic mass is 10.2. The molecule has 4 rings (SSSR count). The maximum atomic E-state index is 11.9. The largest absolute Gasteiger partial charge is 0.529 e. The third-order valence-electron chi connectivity index (χ3n) is 3.89. The van der Waals surface area contributed by atoms with Gasteiger partial charge >= 0.3 is 0 Å². The monoisotopic (exact) mass is 356 g/mol. The number of fused-ring (bicyclic) bond motifs is 1. The number of hydrogen-bond donors (Lipinski definition) is 0. The van der Waals surface area contributed by atoms with Gasteiger partial charge in [-0.2, -0.15) is 0 Å². The number of amides is 1. The third-order valence-corrected chi connectivity index (χ3v) is 3.89. The highest BCUT2D eigenvalue weighted by Gasteiger charge is 2.20. The van der Waals surface area contributed by atoms with Crippen LogP contribution in [0.3, 0.4) is 0 Å². The maximum Gasteiger partial charge on any atom is 0.264 e. The van der Waals surface area contributed by atoms with Gasteiger partial charge in [0, 0.05) is 5.69 Å². The van der Waals surface area contributed by atoms with E-state index < -0.39 is 6.09 Å². The number of carboxylic acid groups (broad SMARTS) is 1. The van der Waals surface area contributed by atoms with Crippen molar-refractivity contribution in [2.45, 2.75) is 0 Å². The number of rotatable bonds is 4. The predicted molar refractivity (Wildman–Crippen MR) is 100 cm³/mol. The van der Waals surface area contributed by atoms with Gasteiger partial charge in [-0.25, -0.2) is 9.97 Å². The molecule has 0 bridgehead atoms.